The maximum absolute atomic E-state index is 12.3. The highest BCUT2D eigenvalue weighted by Gasteiger charge is 2.29. The molecule has 2 aromatic rings. The van der Waals surface area contributed by atoms with Crippen molar-refractivity contribution in [2.75, 3.05) is 12.4 Å². The van der Waals surface area contributed by atoms with Crippen molar-refractivity contribution in [3.05, 3.63) is 65.2 Å². The fourth-order valence-electron chi connectivity index (χ4n) is 2.94. The van der Waals surface area contributed by atoms with Gasteiger partial charge in [0.05, 0.1) is 13.2 Å². The quantitative estimate of drug-likeness (QED) is 0.708. The molecule has 0 heterocycles. The standard InChI is InChI=1S/C23H26N2O3/c1-15-4-12-21(28-3)19(14-15)9-13-22(26)24-16(2)17-7-10-20(11-8-17)25-23(27)18-5-6-18/h4,7-14,16,18H,5-6H2,1-3H3,(H,24,26)(H,25,27). The third-order valence-corrected chi connectivity index (χ3v) is 4.78. The van der Waals surface area contributed by atoms with E-state index in [2.05, 4.69) is 10.6 Å². The summed E-state index contributed by atoms with van der Waals surface area (Å²) in [5.41, 5.74) is 3.72. The number of hydrogen-bond donors (Lipinski definition) is 2. The van der Waals surface area contributed by atoms with Gasteiger partial charge in [-0.1, -0.05) is 23.8 Å². The lowest BCUT2D eigenvalue weighted by molar-refractivity contribution is -0.118. The second-order valence-electron chi connectivity index (χ2n) is 7.19. The number of carbonyl (C=O) groups is 2. The van der Waals surface area contributed by atoms with E-state index in [0.29, 0.717) is 0 Å². The summed E-state index contributed by atoms with van der Waals surface area (Å²) in [6.07, 6.45) is 5.23. The molecule has 2 N–H and O–H groups in total. The smallest absolute Gasteiger partial charge is 0.244 e. The maximum atomic E-state index is 12.3. The molecule has 0 aliphatic heterocycles. The number of ether oxygens (including phenoxy) is 1. The van der Waals surface area contributed by atoms with Crippen molar-refractivity contribution in [2.45, 2.75) is 32.7 Å². The number of aryl methyl sites for hydroxylation is 1. The Kier molecular flexibility index (Phi) is 6.14. The van der Waals surface area contributed by atoms with Crippen molar-refractivity contribution in [2.24, 2.45) is 5.92 Å². The van der Waals surface area contributed by atoms with E-state index >= 15 is 0 Å². The van der Waals surface area contributed by atoms with E-state index in [-0.39, 0.29) is 23.8 Å². The van der Waals surface area contributed by atoms with Gasteiger partial charge in [-0.2, -0.15) is 0 Å². The van der Waals surface area contributed by atoms with Crippen molar-refractivity contribution >= 4 is 23.6 Å². The van der Waals surface area contributed by atoms with Gasteiger partial charge in [-0.25, -0.2) is 0 Å². The summed E-state index contributed by atoms with van der Waals surface area (Å²) >= 11 is 0. The van der Waals surface area contributed by atoms with Crippen molar-refractivity contribution in [1.29, 1.82) is 0 Å². The summed E-state index contributed by atoms with van der Waals surface area (Å²) < 4.78 is 5.33. The Morgan fingerprint density at radius 2 is 1.86 bits per heavy atom. The fourth-order valence-corrected chi connectivity index (χ4v) is 2.94. The Bertz CT molecular complexity index is 883. The number of methoxy groups -OCH3 is 1. The SMILES string of the molecule is COc1ccc(C)cc1C=CC(=O)NC(C)c1ccc(NC(=O)C2CC2)cc1. The maximum Gasteiger partial charge on any atom is 0.244 e. The average molecular weight is 378 g/mol. The molecule has 28 heavy (non-hydrogen) atoms. The van der Waals surface area contributed by atoms with Gasteiger partial charge < -0.3 is 15.4 Å². The average Bonchev–Trinajstić information content (AvgIpc) is 3.52. The molecule has 1 atom stereocenters. The van der Waals surface area contributed by atoms with Crippen LogP contribution in [-0.2, 0) is 9.59 Å². The minimum atomic E-state index is -0.179. The van der Waals surface area contributed by atoms with E-state index in [9.17, 15) is 9.59 Å². The summed E-state index contributed by atoms with van der Waals surface area (Å²) in [5, 5.41) is 5.87. The van der Waals surface area contributed by atoms with E-state index in [1.54, 1.807) is 13.2 Å². The number of hydrogen-bond acceptors (Lipinski definition) is 3. The molecule has 2 amide bonds. The molecule has 3 rings (SSSR count). The highest BCUT2D eigenvalue weighted by atomic mass is 16.5. The number of nitrogens with one attached hydrogen (secondary N) is 2. The molecule has 1 aliphatic carbocycles. The molecule has 0 bridgehead atoms. The summed E-state index contributed by atoms with van der Waals surface area (Å²) in [6.45, 7) is 3.92. The Labute approximate surface area is 165 Å². The molecule has 5 nitrogen and oxygen atoms in total. The van der Waals surface area contributed by atoms with Crippen LogP contribution in [0.5, 0.6) is 5.75 Å². The predicted octanol–water partition coefficient (Wildman–Crippen LogP) is 4.24. The Morgan fingerprint density at radius 3 is 2.50 bits per heavy atom. The van der Waals surface area contributed by atoms with Crippen LogP contribution in [0.4, 0.5) is 5.69 Å². The Morgan fingerprint density at radius 1 is 1.14 bits per heavy atom. The van der Waals surface area contributed by atoms with Gasteiger partial charge in [0.2, 0.25) is 11.8 Å². The largest absolute Gasteiger partial charge is 0.496 e. The van der Waals surface area contributed by atoms with E-state index in [0.717, 1.165) is 41.0 Å². The molecule has 1 unspecified atom stereocenters. The van der Waals surface area contributed by atoms with Crippen LogP contribution in [0.3, 0.4) is 0 Å². The first-order valence-electron chi connectivity index (χ1n) is 9.50. The molecule has 1 fully saturated rings. The zero-order valence-corrected chi connectivity index (χ0v) is 16.5. The predicted molar refractivity (Wildman–Crippen MR) is 111 cm³/mol. The lowest BCUT2D eigenvalue weighted by Gasteiger charge is -2.14. The molecule has 0 radical (unpaired) electrons. The summed E-state index contributed by atoms with van der Waals surface area (Å²) in [4.78, 5) is 24.1. The van der Waals surface area contributed by atoms with E-state index in [4.69, 9.17) is 4.74 Å². The number of benzene rings is 2. The number of anilines is 1. The minimum absolute atomic E-state index is 0.0887. The molecule has 146 valence electrons. The molecule has 2 aromatic carbocycles. The summed E-state index contributed by atoms with van der Waals surface area (Å²) in [7, 11) is 1.61. The van der Waals surface area contributed by atoms with Crippen molar-refractivity contribution in [3.63, 3.8) is 0 Å². The third-order valence-electron chi connectivity index (χ3n) is 4.78. The lowest BCUT2D eigenvalue weighted by Crippen LogP contribution is -2.24. The molecule has 0 saturated heterocycles. The highest BCUT2D eigenvalue weighted by Crippen LogP contribution is 2.30. The zero-order chi connectivity index (χ0) is 20.1. The Balaban J connectivity index is 1.57. The Hall–Kier alpha value is -3.08. The van der Waals surface area contributed by atoms with Gasteiger partial charge in [-0.15, -0.1) is 0 Å². The van der Waals surface area contributed by atoms with Gasteiger partial charge in [-0.3, -0.25) is 9.59 Å². The first kappa shape index (κ1) is 19.7. The number of rotatable bonds is 7. The first-order valence-corrected chi connectivity index (χ1v) is 9.50. The molecular weight excluding hydrogens is 352 g/mol. The number of amides is 2. The van der Waals surface area contributed by atoms with E-state index in [1.807, 2.05) is 56.3 Å². The van der Waals surface area contributed by atoms with Crippen molar-refractivity contribution in [1.82, 2.24) is 5.32 Å². The minimum Gasteiger partial charge on any atom is -0.496 e. The van der Waals surface area contributed by atoms with Crippen LogP contribution in [-0.4, -0.2) is 18.9 Å². The van der Waals surface area contributed by atoms with Crippen LogP contribution >= 0.6 is 0 Å². The molecule has 5 heteroatoms. The fraction of sp³-hybridized carbons (Fsp3) is 0.304. The first-order chi connectivity index (χ1) is 13.5. The van der Waals surface area contributed by atoms with Gasteiger partial charge in [-0.05, 0) is 62.6 Å². The van der Waals surface area contributed by atoms with E-state index < -0.39 is 0 Å². The topological polar surface area (TPSA) is 67.4 Å². The third kappa shape index (κ3) is 5.22. The van der Waals surface area contributed by atoms with Crippen LogP contribution in [0.25, 0.3) is 6.08 Å². The normalized spacial score (nSPS) is 14.5. The monoisotopic (exact) mass is 378 g/mol. The van der Waals surface area contributed by atoms with Gasteiger partial charge in [0.15, 0.2) is 0 Å². The highest BCUT2D eigenvalue weighted by molar-refractivity contribution is 5.94. The molecular formula is C23H26N2O3. The second-order valence-corrected chi connectivity index (χ2v) is 7.19. The molecule has 0 spiro atoms. The van der Waals surface area contributed by atoms with Gasteiger partial charge in [0, 0.05) is 23.2 Å². The number of carbonyl (C=O) groups excluding carboxylic acids is 2. The van der Waals surface area contributed by atoms with Gasteiger partial charge in [0.25, 0.3) is 0 Å². The van der Waals surface area contributed by atoms with Crippen LogP contribution in [0.1, 0.15) is 42.5 Å². The summed E-state index contributed by atoms with van der Waals surface area (Å²) in [5.74, 6) is 0.816. The molecule has 0 aromatic heterocycles. The summed E-state index contributed by atoms with van der Waals surface area (Å²) in [6, 6.07) is 13.2. The van der Waals surface area contributed by atoms with Crippen LogP contribution in [0, 0.1) is 12.8 Å². The van der Waals surface area contributed by atoms with Crippen molar-refractivity contribution in [3.8, 4) is 5.75 Å². The van der Waals surface area contributed by atoms with Crippen LogP contribution in [0.15, 0.2) is 48.5 Å². The second kappa shape index (κ2) is 8.74. The van der Waals surface area contributed by atoms with E-state index in [1.165, 1.54) is 6.08 Å². The zero-order valence-electron chi connectivity index (χ0n) is 16.5. The van der Waals surface area contributed by atoms with Gasteiger partial charge in [0.1, 0.15) is 5.75 Å². The van der Waals surface area contributed by atoms with Crippen LogP contribution < -0.4 is 15.4 Å². The van der Waals surface area contributed by atoms with Gasteiger partial charge >= 0.3 is 0 Å². The lowest BCUT2D eigenvalue weighted by atomic mass is 10.1. The molecule has 1 aliphatic rings. The van der Waals surface area contributed by atoms with Crippen LogP contribution in [0.2, 0.25) is 0 Å². The molecule has 1 saturated carbocycles. The van der Waals surface area contributed by atoms with Crippen molar-refractivity contribution < 1.29 is 14.3 Å².